The van der Waals surface area contributed by atoms with Crippen LogP contribution in [0.15, 0.2) is 12.1 Å². The Morgan fingerprint density at radius 3 is 2.70 bits per heavy atom. The lowest BCUT2D eigenvalue weighted by molar-refractivity contribution is 0.263. The summed E-state index contributed by atoms with van der Waals surface area (Å²) in [6.45, 7) is 5.83. The number of benzene rings is 1. The number of aromatic nitrogens is 2. The molecule has 0 spiro atoms. The van der Waals surface area contributed by atoms with Crippen molar-refractivity contribution >= 4 is 34.2 Å². The molecule has 0 fully saturated rings. The number of hydrogen-bond acceptors (Lipinski definition) is 2. The first-order valence-electron chi connectivity index (χ1n) is 6.54. The molecule has 0 aliphatic heterocycles. The molecule has 2 rings (SSSR count). The molecule has 0 amide bonds. The van der Waals surface area contributed by atoms with Crippen molar-refractivity contribution in [1.29, 1.82) is 0 Å². The van der Waals surface area contributed by atoms with Gasteiger partial charge in [-0.15, -0.1) is 11.6 Å². The normalized spacial score (nSPS) is 12.0. The van der Waals surface area contributed by atoms with E-state index in [1.54, 1.807) is 6.07 Å². The van der Waals surface area contributed by atoms with Gasteiger partial charge in [-0.3, -0.25) is 0 Å². The van der Waals surface area contributed by atoms with Crippen molar-refractivity contribution in [1.82, 2.24) is 14.5 Å². The summed E-state index contributed by atoms with van der Waals surface area (Å²) in [5.41, 5.74) is 1.42. The number of imidazole rings is 1. The largest absolute Gasteiger partial charge is 0.326 e. The molecule has 0 saturated heterocycles. The van der Waals surface area contributed by atoms with E-state index < -0.39 is 5.82 Å². The van der Waals surface area contributed by atoms with Gasteiger partial charge in [0.1, 0.15) is 11.6 Å². The van der Waals surface area contributed by atoms with E-state index in [0.717, 1.165) is 17.9 Å². The summed E-state index contributed by atoms with van der Waals surface area (Å²) >= 11 is 11.7. The molecule has 0 N–H and O–H groups in total. The number of alkyl halides is 1. The standard InChI is InChI=1S/C14H18Cl2FN3/c1-9(2)19(3)4-5-20-13-7-11(17)10(16)6-12(13)18-14(20)8-15/h6-7,9H,4-5,8H2,1-3H3. The van der Waals surface area contributed by atoms with Crippen LogP contribution >= 0.6 is 23.2 Å². The summed E-state index contributed by atoms with van der Waals surface area (Å²) < 4.78 is 15.6. The van der Waals surface area contributed by atoms with Crippen LogP contribution in [0.2, 0.25) is 5.02 Å². The average Bonchev–Trinajstić information content (AvgIpc) is 2.73. The Kier molecular flexibility index (Phi) is 4.89. The molecule has 1 aromatic carbocycles. The van der Waals surface area contributed by atoms with E-state index in [0.29, 0.717) is 24.0 Å². The van der Waals surface area contributed by atoms with E-state index in [4.69, 9.17) is 23.2 Å². The second-order valence-corrected chi connectivity index (χ2v) is 5.82. The summed E-state index contributed by atoms with van der Waals surface area (Å²) in [6, 6.07) is 3.43. The van der Waals surface area contributed by atoms with Gasteiger partial charge in [-0.05, 0) is 27.0 Å². The number of nitrogens with zero attached hydrogens (tertiary/aromatic N) is 3. The fraction of sp³-hybridized carbons (Fsp3) is 0.500. The van der Waals surface area contributed by atoms with E-state index in [1.165, 1.54) is 6.07 Å². The zero-order chi connectivity index (χ0) is 14.9. The molecule has 3 nitrogen and oxygen atoms in total. The van der Waals surface area contributed by atoms with Crippen LogP contribution in [-0.2, 0) is 12.4 Å². The van der Waals surface area contributed by atoms with E-state index >= 15 is 0 Å². The number of hydrogen-bond donors (Lipinski definition) is 0. The van der Waals surface area contributed by atoms with Crippen LogP contribution in [0.3, 0.4) is 0 Å². The Labute approximate surface area is 128 Å². The molecule has 20 heavy (non-hydrogen) atoms. The van der Waals surface area contributed by atoms with Crippen LogP contribution in [0.4, 0.5) is 4.39 Å². The molecular formula is C14H18Cl2FN3. The van der Waals surface area contributed by atoms with Gasteiger partial charge in [-0.25, -0.2) is 9.37 Å². The molecule has 0 aliphatic carbocycles. The Hall–Kier alpha value is -0.840. The molecule has 1 aromatic heterocycles. The van der Waals surface area contributed by atoms with Gasteiger partial charge in [-0.1, -0.05) is 11.6 Å². The molecule has 0 radical (unpaired) electrons. The van der Waals surface area contributed by atoms with E-state index in [1.807, 2.05) is 4.57 Å². The first kappa shape index (κ1) is 15.5. The molecule has 110 valence electrons. The zero-order valence-electron chi connectivity index (χ0n) is 11.8. The highest BCUT2D eigenvalue weighted by atomic mass is 35.5. The van der Waals surface area contributed by atoms with Crippen LogP contribution in [0.1, 0.15) is 19.7 Å². The third kappa shape index (κ3) is 3.08. The Morgan fingerprint density at radius 2 is 2.10 bits per heavy atom. The first-order valence-corrected chi connectivity index (χ1v) is 7.45. The summed E-state index contributed by atoms with van der Waals surface area (Å²) in [4.78, 5) is 6.64. The average molecular weight is 318 g/mol. The van der Waals surface area contributed by atoms with Crippen LogP contribution in [-0.4, -0.2) is 34.1 Å². The predicted octanol–water partition coefficient (Wildman–Crippen LogP) is 3.91. The summed E-state index contributed by atoms with van der Waals surface area (Å²) in [5.74, 6) is 0.596. The fourth-order valence-electron chi connectivity index (χ4n) is 2.04. The van der Waals surface area contributed by atoms with Crippen molar-refractivity contribution < 1.29 is 4.39 Å². The highest BCUT2D eigenvalue weighted by Crippen LogP contribution is 2.24. The molecular weight excluding hydrogens is 300 g/mol. The molecule has 0 bridgehead atoms. The van der Waals surface area contributed by atoms with Gasteiger partial charge in [0.05, 0.1) is 21.9 Å². The van der Waals surface area contributed by atoms with Gasteiger partial charge in [-0.2, -0.15) is 0 Å². The maximum absolute atomic E-state index is 13.7. The van der Waals surface area contributed by atoms with Gasteiger partial charge in [0.2, 0.25) is 0 Å². The number of likely N-dealkylation sites (N-methyl/N-ethyl adjacent to an activating group) is 1. The van der Waals surface area contributed by atoms with Crippen molar-refractivity contribution in [3.05, 3.63) is 28.8 Å². The third-order valence-corrected chi connectivity index (χ3v) is 4.08. The smallest absolute Gasteiger partial charge is 0.144 e. The lowest BCUT2D eigenvalue weighted by Crippen LogP contribution is -2.30. The second-order valence-electron chi connectivity index (χ2n) is 5.14. The molecule has 0 unspecified atom stereocenters. The molecule has 0 atom stereocenters. The maximum Gasteiger partial charge on any atom is 0.144 e. The molecule has 2 aromatic rings. The molecule has 6 heteroatoms. The molecule has 1 heterocycles. The zero-order valence-corrected chi connectivity index (χ0v) is 13.3. The van der Waals surface area contributed by atoms with Crippen LogP contribution < -0.4 is 0 Å². The second kappa shape index (κ2) is 6.29. The minimum absolute atomic E-state index is 0.0857. The Bertz CT molecular complexity index is 610. The molecule has 0 saturated carbocycles. The lowest BCUT2D eigenvalue weighted by Gasteiger charge is -2.21. The SMILES string of the molecule is CC(C)N(C)CCn1c(CCl)nc2cc(Cl)c(F)cc21. The molecule has 0 aliphatic rings. The topological polar surface area (TPSA) is 21.1 Å². The van der Waals surface area contributed by atoms with Gasteiger partial charge in [0, 0.05) is 25.2 Å². The van der Waals surface area contributed by atoms with Crippen molar-refractivity contribution in [3.8, 4) is 0 Å². The monoisotopic (exact) mass is 317 g/mol. The van der Waals surface area contributed by atoms with Crippen LogP contribution in [0.25, 0.3) is 11.0 Å². The van der Waals surface area contributed by atoms with Gasteiger partial charge >= 0.3 is 0 Å². The van der Waals surface area contributed by atoms with Crippen molar-refractivity contribution in [2.45, 2.75) is 32.3 Å². The maximum atomic E-state index is 13.7. The van der Waals surface area contributed by atoms with Crippen molar-refractivity contribution in [2.24, 2.45) is 0 Å². The van der Waals surface area contributed by atoms with Crippen molar-refractivity contribution in [2.75, 3.05) is 13.6 Å². The summed E-state index contributed by atoms with van der Waals surface area (Å²) in [5, 5.41) is 0.0857. The highest BCUT2D eigenvalue weighted by molar-refractivity contribution is 6.31. The quantitative estimate of drug-likeness (QED) is 0.780. The van der Waals surface area contributed by atoms with E-state index in [-0.39, 0.29) is 5.02 Å². The van der Waals surface area contributed by atoms with Gasteiger partial charge in [0.15, 0.2) is 0 Å². The fourth-order valence-corrected chi connectivity index (χ4v) is 2.40. The van der Waals surface area contributed by atoms with Crippen LogP contribution in [0.5, 0.6) is 0 Å². The summed E-state index contributed by atoms with van der Waals surface area (Å²) in [7, 11) is 2.06. The summed E-state index contributed by atoms with van der Waals surface area (Å²) in [6.07, 6.45) is 0. The predicted molar refractivity (Wildman–Crippen MR) is 82.0 cm³/mol. The first-order chi connectivity index (χ1) is 9.43. The highest BCUT2D eigenvalue weighted by Gasteiger charge is 2.14. The number of halogens is 3. The number of fused-ring (bicyclic) bond motifs is 1. The number of rotatable bonds is 5. The minimum atomic E-state index is -0.432. The lowest BCUT2D eigenvalue weighted by atomic mass is 10.3. The van der Waals surface area contributed by atoms with Crippen LogP contribution in [0, 0.1) is 5.82 Å². The van der Waals surface area contributed by atoms with Gasteiger partial charge < -0.3 is 9.47 Å². The Morgan fingerprint density at radius 1 is 1.40 bits per heavy atom. The minimum Gasteiger partial charge on any atom is -0.326 e. The van der Waals surface area contributed by atoms with E-state index in [9.17, 15) is 4.39 Å². The Balaban J connectivity index is 2.37. The van der Waals surface area contributed by atoms with E-state index in [2.05, 4.69) is 30.8 Å². The van der Waals surface area contributed by atoms with Gasteiger partial charge in [0.25, 0.3) is 0 Å². The third-order valence-electron chi connectivity index (χ3n) is 3.55. The van der Waals surface area contributed by atoms with Crippen molar-refractivity contribution in [3.63, 3.8) is 0 Å².